The van der Waals surface area contributed by atoms with Gasteiger partial charge in [0.15, 0.2) is 6.04 Å². The molecule has 0 aromatic heterocycles. The van der Waals surface area contributed by atoms with Crippen LogP contribution in [-0.4, -0.2) is 54.9 Å². The number of anilines is 1. The number of fused-ring (bicyclic) bond motifs is 1. The van der Waals surface area contributed by atoms with Crippen LogP contribution in [0.4, 0.5) is 5.69 Å². The molecule has 0 saturated carbocycles. The van der Waals surface area contributed by atoms with Crippen LogP contribution in [0.5, 0.6) is 0 Å². The van der Waals surface area contributed by atoms with Crippen LogP contribution in [0.25, 0.3) is 0 Å². The van der Waals surface area contributed by atoms with Crippen LogP contribution < -0.4 is 10.2 Å². The Morgan fingerprint density at radius 1 is 1.45 bits per heavy atom. The number of nitrogens with one attached hydrogen (secondary N) is 1. The van der Waals surface area contributed by atoms with Crippen LogP contribution in [0.1, 0.15) is 0 Å². The lowest BCUT2D eigenvalue weighted by molar-refractivity contribution is -0.143. The first-order chi connectivity index (χ1) is 10.5. The van der Waals surface area contributed by atoms with Gasteiger partial charge in [-0.05, 0) is 12.1 Å². The summed E-state index contributed by atoms with van der Waals surface area (Å²) in [5.74, 6) is -1.65. The Morgan fingerprint density at radius 2 is 2.18 bits per heavy atom. The molecule has 1 aliphatic rings. The number of carboxylic acid groups (broad SMARTS) is 1. The monoisotopic (exact) mass is 324 g/mol. The molecule has 0 aliphatic carbocycles. The molecule has 2 rings (SSSR count). The first kappa shape index (κ1) is 16.3. The minimum Gasteiger partial charge on any atom is -0.480 e. The zero-order valence-electron chi connectivity index (χ0n) is 11.9. The number of carboxylic acids is 1. The number of benzene rings is 1. The van der Waals surface area contributed by atoms with E-state index in [2.05, 4.69) is 5.32 Å². The topological polar surface area (TPSA) is 95.9 Å². The van der Waals surface area contributed by atoms with Crippen molar-refractivity contribution in [2.24, 2.45) is 0 Å². The Hall–Kier alpha value is -2.06. The minimum absolute atomic E-state index is 0.137. The molecule has 7 nitrogen and oxygen atoms in total. The number of ether oxygens (including phenoxy) is 1. The van der Waals surface area contributed by atoms with Gasteiger partial charge in [0.05, 0.1) is 18.0 Å². The van der Waals surface area contributed by atoms with Crippen molar-refractivity contribution in [3.05, 3.63) is 24.3 Å². The predicted octanol–water partition coefficient (Wildman–Crippen LogP) is 0.341. The second-order valence-electron chi connectivity index (χ2n) is 4.65. The molecule has 0 fully saturated rings. The lowest BCUT2D eigenvalue weighted by Crippen LogP contribution is -2.49. The Balaban J connectivity index is 2.08. The number of nitrogens with zero attached hydrogens (tertiary/aromatic N) is 1. The number of aliphatic carboxylic acids is 1. The molecule has 1 heterocycles. The second kappa shape index (κ2) is 7.28. The molecule has 1 aliphatic heterocycles. The smallest absolute Gasteiger partial charge is 0.328 e. The maximum absolute atomic E-state index is 12.0. The van der Waals surface area contributed by atoms with Crippen LogP contribution in [-0.2, 0) is 19.1 Å². The normalized spacial score (nSPS) is 15.1. The summed E-state index contributed by atoms with van der Waals surface area (Å²) in [6.45, 7) is -0.356. The van der Waals surface area contributed by atoms with Crippen LogP contribution in [0.15, 0.2) is 29.2 Å². The fourth-order valence-corrected chi connectivity index (χ4v) is 2.99. The molecule has 0 radical (unpaired) electrons. The van der Waals surface area contributed by atoms with Crippen LogP contribution in [0, 0.1) is 0 Å². The summed E-state index contributed by atoms with van der Waals surface area (Å²) in [6, 6.07) is 6.15. The van der Waals surface area contributed by atoms with E-state index in [1.54, 1.807) is 12.1 Å². The van der Waals surface area contributed by atoms with Gasteiger partial charge < -0.3 is 20.1 Å². The van der Waals surface area contributed by atoms with E-state index in [0.717, 1.165) is 4.90 Å². The van der Waals surface area contributed by atoms with Gasteiger partial charge in [0, 0.05) is 12.0 Å². The molecule has 1 unspecified atom stereocenters. The molecule has 22 heavy (non-hydrogen) atoms. The number of thioether (sulfide) groups is 1. The van der Waals surface area contributed by atoms with E-state index in [1.807, 2.05) is 12.1 Å². The van der Waals surface area contributed by atoms with Gasteiger partial charge in [0.25, 0.3) is 0 Å². The standard InChI is InChI=1S/C14H16N2O5S/c1-21-7-9(14(19)20)15-12(17)6-16-10-4-2-3-5-11(10)22-8-13(16)18/h2-5,9H,6-8H2,1H3,(H,15,17)(H,19,20). The number of carbonyl (C=O) groups excluding carboxylic acids is 2. The Bertz CT molecular complexity index is 592. The van der Waals surface area contributed by atoms with Crippen molar-refractivity contribution >= 4 is 35.2 Å². The van der Waals surface area contributed by atoms with Crippen molar-refractivity contribution in [3.63, 3.8) is 0 Å². The first-order valence-electron chi connectivity index (χ1n) is 6.56. The van der Waals surface area contributed by atoms with Crippen molar-refractivity contribution in [2.75, 3.05) is 30.9 Å². The van der Waals surface area contributed by atoms with Crippen LogP contribution in [0.3, 0.4) is 0 Å². The molecular formula is C14H16N2O5S. The fraction of sp³-hybridized carbons (Fsp3) is 0.357. The molecule has 118 valence electrons. The number of carbonyl (C=O) groups is 3. The van der Waals surface area contributed by atoms with Crippen molar-refractivity contribution in [1.29, 1.82) is 0 Å². The number of methoxy groups -OCH3 is 1. The maximum atomic E-state index is 12.0. The number of hydrogen-bond acceptors (Lipinski definition) is 5. The fourth-order valence-electron chi connectivity index (χ4n) is 2.05. The molecule has 2 N–H and O–H groups in total. The Morgan fingerprint density at radius 3 is 2.86 bits per heavy atom. The third-order valence-corrected chi connectivity index (χ3v) is 4.12. The van der Waals surface area contributed by atoms with Crippen molar-refractivity contribution in [2.45, 2.75) is 10.9 Å². The number of amides is 2. The third kappa shape index (κ3) is 3.77. The summed E-state index contributed by atoms with van der Waals surface area (Å²) in [5, 5.41) is 11.3. The highest BCUT2D eigenvalue weighted by Gasteiger charge is 2.28. The third-order valence-electron chi connectivity index (χ3n) is 3.08. The molecule has 1 atom stereocenters. The predicted molar refractivity (Wildman–Crippen MR) is 81.0 cm³/mol. The molecule has 2 amide bonds. The van der Waals surface area contributed by atoms with Gasteiger partial charge in [-0.3, -0.25) is 9.59 Å². The van der Waals surface area contributed by atoms with Gasteiger partial charge in [0.2, 0.25) is 11.8 Å². The molecule has 0 bridgehead atoms. The van der Waals surface area contributed by atoms with Crippen molar-refractivity contribution in [3.8, 4) is 0 Å². The average Bonchev–Trinajstić information content (AvgIpc) is 2.49. The molecular weight excluding hydrogens is 308 g/mol. The van der Waals surface area contributed by atoms with E-state index in [9.17, 15) is 14.4 Å². The highest BCUT2D eigenvalue weighted by Crippen LogP contribution is 2.34. The molecule has 8 heteroatoms. The van der Waals surface area contributed by atoms with Gasteiger partial charge in [-0.2, -0.15) is 0 Å². The van der Waals surface area contributed by atoms with E-state index in [0.29, 0.717) is 5.69 Å². The Labute approximate surface area is 131 Å². The maximum Gasteiger partial charge on any atom is 0.328 e. The first-order valence-corrected chi connectivity index (χ1v) is 7.54. The minimum atomic E-state index is -1.18. The zero-order chi connectivity index (χ0) is 16.1. The van der Waals surface area contributed by atoms with Crippen molar-refractivity contribution in [1.82, 2.24) is 5.32 Å². The van der Waals surface area contributed by atoms with Crippen LogP contribution >= 0.6 is 11.8 Å². The zero-order valence-corrected chi connectivity index (χ0v) is 12.8. The lowest BCUT2D eigenvalue weighted by atomic mass is 10.2. The quantitative estimate of drug-likeness (QED) is 0.783. The lowest BCUT2D eigenvalue weighted by Gasteiger charge is -2.28. The largest absolute Gasteiger partial charge is 0.480 e. The van der Waals surface area contributed by atoms with E-state index in [1.165, 1.54) is 23.8 Å². The second-order valence-corrected chi connectivity index (χ2v) is 5.67. The summed E-state index contributed by atoms with van der Waals surface area (Å²) in [7, 11) is 1.35. The van der Waals surface area contributed by atoms with Crippen LogP contribution in [0.2, 0.25) is 0 Å². The summed E-state index contributed by atoms with van der Waals surface area (Å²) < 4.78 is 4.75. The van der Waals surface area contributed by atoms with Crippen molar-refractivity contribution < 1.29 is 24.2 Å². The van der Waals surface area contributed by atoms with E-state index < -0.39 is 17.9 Å². The summed E-state index contributed by atoms with van der Waals surface area (Å²) in [6.07, 6.45) is 0. The summed E-state index contributed by atoms with van der Waals surface area (Å²) >= 11 is 1.42. The summed E-state index contributed by atoms with van der Waals surface area (Å²) in [5.41, 5.74) is 0.664. The van der Waals surface area contributed by atoms with E-state index in [4.69, 9.17) is 9.84 Å². The van der Waals surface area contributed by atoms with Gasteiger partial charge >= 0.3 is 5.97 Å². The molecule has 0 spiro atoms. The van der Waals surface area contributed by atoms with E-state index >= 15 is 0 Å². The summed E-state index contributed by atoms with van der Waals surface area (Å²) in [4.78, 5) is 37.3. The van der Waals surface area contributed by atoms with Gasteiger partial charge in [-0.25, -0.2) is 4.79 Å². The van der Waals surface area contributed by atoms with Gasteiger partial charge in [0.1, 0.15) is 6.54 Å². The van der Waals surface area contributed by atoms with E-state index in [-0.39, 0.29) is 24.8 Å². The van der Waals surface area contributed by atoms with Gasteiger partial charge in [-0.15, -0.1) is 11.8 Å². The number of rotatable bonds is 6. The Kier molecular flexibility index (Phi) is 5.40. The molecule has 1 aromatic carbocycles. The molecule has 1 aromatic rings. The highest BCUT2D eigenvalue weighted by atomic mass is 32.2. The number of hydrogen-bond donors (Lipinski definition) is 2. The average molecular weight is 324 g/mol. The molecule has 0 saturated heterocycles. The van der Waals surface area contributed by atoms with Gasteiger partial charge in [-0.1, -0.05) is 12.1 Å². The number of para-hydroxylation sites is 1. The highest BCUT2D eigenvalue weighted by molar-refractivity contribution is 8.00. The SMILES string of the molecule is COCC(NC(=O)CN1C(=O)CSc2ccccc21)C(=O)O.